The normalized spacial score (nSPS) is 19.9. The van der Waals surface area contributed by atoms with Gasteiger partial charge in [0.1, 0.15) is 23.6 Å². The summed E-state index contributed by atoms with van der Waals surface area (Å²) >= 11 is 0. The highest BCUT2D eigenvalue weighted by Gasteiger charge is 2.45. The number of hydrogen-bond acceptors (Lipinski definition) is 4. The molecule has 0 aromatic heterocycles. The first kappa shape index (κ1) is 24.3. The monoisotopic (exact) mass is 437 g/mol. The standard InChI is InChI=1S/C28H39NO3/c1-9-16-30-26-25(31-19(2)3)23-17-22(14-15-24(23)32-28(26,7)8)29-18-20-10-12-21(13-11-20)27(4,5)6/h9-15,17,19,25-26,29H,1,16,18H2,2-8H3. The SMILES string of the molecule is C=CCOC1C(OC(C)C)c2cc(NCc3ccc(C(C)(C)C)cc3)ccc2OC1(C)C. The van der Waals surface area contributed by atoms with Crippen LogP contribution in [0.1, 0.15) is 71.3 Å². The van der Waals surface area contributed by atoms with Gasteiger partial charge in [0.05, 0.1) is 12.7 Å². The summed E-state index contributed by atoms with van der Waals surface area (Å²) in [5.41, 5.74) is 4.28. The molecule has 0 bridgehead atoms. The van der Waals surface area contributed by atoms with Gasteiger partial charge in [-0.1, -0.05) is 51.1 Å². The molecule has 0 amide bonds. The van der Waals surface area contributed by atoms with Crippen LogP contribution in [0.5, 0.6) is 5.75 Å². The Bertz CT molecular complexity index is 909. The van der Waals surface area contributed by atoms with Crippen LogP contribution in [0.3, 0.4) is 0 Å². The van der Waals surface area contributed by atoms with Gasteiger partial charge in [-0.2, -0.15) is 0 Å². The van der Waals surface area contributed by atoms with E-state index >= 15 is 0 Å². The number of hydrogen-bond donors (Lipinski definition) is 1. The van der Waals surface area contributed by atoms with Gasteiger partial charge in [0, 0.05) is 17.8 Å². The van der Waals surface area contributed by atoms with E-state index in [1.807, 2.05) is 19.9 Å². The van der Waals surface area contributed by atoms with Crippen molar-refractivity contribution in [2.75, 3.05) is 11.9 Å². The minimum absolute atomic E-state index is 0.0644. The molecule has 2 atom stereocenters. The van der Waals surface area contributed by atoms with E-state index in [1.54, 1.807) is 6.08 Å². The van der Waals surface area contributed by atoms with Gasteiger partial charge in [0.15, 0.2) is 0 Å². The Hall–Kier alpha value is -2.30. The molecular weight excluding hydrogens is 398 g/mol. The summed E-state index contributed by atoms with van der Waals surface area (Å²) in [6.45, 7) is 19.9. The zero-order valence-corrected chi connectivity index (χ0v) is 20.7. The molecule has 4 heteroatoms. The highest BCUT2D eigenvalue weighted by atomic mass is 16.6. The van der Waals surface area contributed by atoms with Crippen molar-refractivity contribution >= 4 is 5.69 Å². The Morgan fingerprint density at radius 1 is 1.12 bits per heavy atom. The third-order valence-corrected chi connectivity index (χ3v) is 5.78. The lowest BCUT2D eigenvalue weighted by molar-refractivity contribution is -0.168. The molecule has 32 heavy (non-hydrogen) atoms. The largest absolute Gasteiger partial charge is 0.485 e. The molecule has 1 heterocycles. The molecule has 2 unspecified atom stereocenters. The van der Waals surface area contributed by atoms with E-state index in [2.05, 4.69) is 82.9 Å². The summed E-state index contributed by atoms with van der Waals surface area (Å²) in [4.78, 5) is 0. The summed E-state index contributed by atoms with van der Waals surface area (Å²) in [7, 11) is 0. The van der Waals surface area contributed by atoms with Gasteiger partial charge >= 0.3 is 0 Å². The predicted octanol–water partition coefficient (Wildman–Crippen LogP) is 6.80. The molecule has 0 saturated carbocycles. The lowest BCUT2D eigenvalue weighted by atomic mass is 9.87. The smallest absolute Gasteiger partial charge is 0.132 e. The molecule has 0 saturated heterocycles. The maximum absolute atomic E-state index is 6.36. The summed E-state index contributed by atoms with van der Waals surface area (Å²) in [5, 5.41) is 3.55. The molecule has 2 aromatic carbocycles. The molecule has 0 spiro atoms. The Kier molecular flexibility index (Phi) is 7.36. The zero-order chi connectivity index (χ0) is 23.5. The van der Waals surface area contributed by atoms with Crippen molar-refractivity contribution in [1.82, 2.24) is 0 Å². The number of nitrogens with one attached hydrogen (secondary N) is 1. The fourth-order valence-corrected chi connectivity index (χ4v) is 4.07. The van der Waals surface area contributed by atoms with Crippen LogP contribution in [-0.2, 0) is 21.4 Å². The summed E-state index contributed by atoms with van der Waals surface area (Å²) in [6, 6.07) is 15.0. The van der Waals surface area contributed by atoms with Gasteiger partial charge in [-0.25, -0.2) is 0 Å². The Balaban J connectivity index is 1.82. The van der Waals surface area contributed by atoms with Gasteiger partial charge in [0.2, 0.25) is 0 Å². The zero-order valence-electron chi connectivity index (χ0n) is 20.7. The molecule has 0 radical (unpaired) electrons. The first-order chi connectivity index (χ1) is 15.0. The fourth-order valence-electron chi connectivity index (χ4n) is 4.07. The van der Waals surface area contributed by atoms with E-state index < -0.39 is 5.60 Å². The number of fused-ring (bicyclic) bond motifs is 1. The number of ether oxygens (including phenoxy) is 3. The summed E-state index contributed by atoms with van der Waals surface area (Å²) in [5.74, 6) is 0.846. The molecule has 1 N–H and O–H groups in total. The maximum atomic E-state index is 6.36. The maximum Gasteiger partial charge on any atom is 0.132 e. The van der Waals surface area contributed by atoms with Crippen LogP contribution in [0.25, 0.3) is 0 Å². The van der Waals surface area contributed by atoms with Crippen molar-refractivity contribution in [1.29, 1.82) is 0 Å². The first-order valence-electron chi connectivity index (χ1n) is 11.6. The molecule has 1 aliphatic heterocycles. The van der Waals surface area contributed by atoms with Crippen LogP contribution in [-0.4, -0.2) is 24.4 Å². The average molecular weight is 438 g/mol. The quantitative estimate of drug-likeness (QED) is 0.461. The van der Waals surface area contributed by atoms with Crippen molar-refractivity contribution in [3.63, 3.8) is 0 Å². The highest BCUT2D eigenvalue weighted by molar-refractivity contribution is 5.54. The third-order valence-electron chi connectivity index (χ3n) is 5.78. The van der Waals surface area contributed by atoms with Gasteiger partial charge in [-0.05, 0) is 62.4 Å². The third kappa shape index (κ3) is 5.73. The second kappa shape index (κ2) is 9.68. The van der Waals surface area contributed by atoms with E-state index in [9.17, 15) is 0 Å². The predicted molar refractivity (Wildman–Crippen MR) is 133 cm³/mol. The van der Waals surface area contributed by atoms with Crippen LogP contribution in [0.2, 0.25) is 0 Å². The van der Waals surface area contributed by atoms with Gasteiger partial charge < -0.3 is 19.5 Å². The Morgan fingerprint density at radius 2 is 1.81 bits per heavy atom. The van der Waals surface area contributed by atoms with Crippen molar-refractivity contribution in [2.24, 2.45) is 0 Å². The van der Waals surface area contributed by atoms with Crippen LogP contribution < -0.4 is 10.1 Å². The number of rotatable bonds is 8. The Morgan fingerprint density at radius 3 is 2.41 bits per heavy atom. The van der Waals surface area contributed by atoms with E-state index in [-0.39, 0.29) is 23.7 Å². The van der Waals surface area contributed by atoms with Gasteiger partial charge in [-0.15, -0.1) is 6.58 Å². The molecule has 2 aromatic rings. The van der Waals surface area contributed by atoms with Gasteiger partial charge in [0.25, 0.3) is 0 Å². The summed E-state index contributed by atoms with van der Waals surface area (Å²) < 4.78 is 18.8. The highest BCUT2D eigenvalue weighted by Crippen LogP contribution is 2.44. The fraction of sp³-hybridized carbons (Fsp3) is 0.500. The van der Waals surface area contributed by atoms with Gasteiger partial charge in [-0.3, -0.25) is 0 Å². The van der Waals surface area contributed by atoms with Crippen LogP contribution in [0.4, 0.5) is 5.69 Å². The number of anilines is 1. The second-order valence-corrected chi connectivity index (χ2v) is 10.4. The van der Waals surface area contributed by atoms with E-state index in [1.165, 1.54) is 11.1 Å². The Labute approximate surface area is 194 Å². The van der Waals surface area contributed by atoms with Crippen molar-refractivity contribution in [3.05, 3.63) is 71.8 Å². The molecular formula is C28H39NO3. The first-order valence-corrected chi connectivity index (χ1v) is 11.6. The van der Waals surface area contributed by atoms with E-state index in [4.69, 9.17) is 14.2 Å². The molecule has 3 rings (SSSR count). The minimum atomic E-state index is -0.515. The topological polar surface area (TPSA) is 39.7 Å². The molecule has 4 nitrogen and oxygen atoms in total. The average Bonchev–Trinajstić information content (AvgIpc) is 2.71. The molecule has 1 aliphatic rings. The summed E-state index contributed by atoms with van der Waals surface area (Å²) in [6.07, 6.45) is 1.37. The lowest BCUT2D eigenvalue weighted by Gasteiger charge is -2.44. The van der Waals surface area contributed by atoms with Crippen LogP contribution >= 0.6 is 0 Å². The molecule has 0 fully saturated rings. The lowest BCUT2D eigenvalue weighted by Crippen LogP contribution is -2.51. The van der Waals surface area contributed by atoms with E-state index in [0.717, 1.165) is 23.5 Å². The van der Waals surface area contributed by atoms with Crippen molar-refractivity contribution in [3.8, 4) is 5.75 Å². The molecule has 174 valence electrons. The van der Waals surface area contributed by atoms with Crippen LogP contribution in [0, 0.1) is 0 Å². The van der Waals surface area contributed by atoms with Crippen molar-refractivity contribution in [2.45, 2.75) is 84.3 Å². The second-order valence-electron chi connectivity index (χ2n) is 10.4. The van der Waals surface area contributed by atoms with Crippen molar-refractivity contribution < 1.29 is 14.2 Å². The van der Waals surface area contributed by atoms with Crippen LogP contribution in [0.15, 0.2) is 55.1 Å². The minimum Gasteiger partial charge on any atom is -0.485 e. The number of benzene rings is 2. The van der Waals surface area contributed by atoms with E-state index in [0.29, 0.717) is 6.61 Å². The molecule has 0 aliphatic carbocycles.